The Balaban J connectivity index is 2.13. The zero-order chi connectivity index (χ0) is 13.2. The molecule has 19 heavy (non-hydrogen) atoms. The number of nitrogens with two attached hydrogens (primary N) is 1. The Hall–Kier alpha value is -2.37. The van der Waals surface area contributed by atoms with Gasteiger partial charge in [-0.05, 0) is 12.1 Å². The number of nitrogens with zero attached hydrogens (tertiary/aromatic N) is 1. The summed E-state index contributed by atoms with van der Waals surface area (Å²) in [5.41, 5.74) is 7.26. The molecule has 0 spiro atoms. The van der Waals surface area contributed by atoms with E-state index in [0.717, 1.165) is 17.7 Å². The highest BCUT2D eigenvalue weighted by Gasteiger charge is 2.20. The minimum absolute atomic E-state index is 0.434. The van der Waals surface area contributed by atoms with Crippen LogP contribution >= 0.6 is 0 Å². The van der Waals surface area contributed by atoms with Crippen LogP contribution < -0.4 is 19.9 Å². The van der Waals surface area contributed by atoms with Gasteiger partial charge in [-0.1, -0.05) is 0 Å². The van der Waals surface area contributed by atoms with Crippen LogP contribution in [0.1, 0.15) is 6.42 Å². The van der Waals surface area contributed by atoms with Crippen LogP contribution in [0.15, 0.2) is 18.2 Å². The first-order valence-corrected chi connectivity index (χ1v) is 6.07. The number of H-pyrrole nitrogens is 1. The van der Waals surface area contributed by atoms with Crippen molar-refractivity contribution in [1.82, 2.24) is 10.2 Å². The maximum atomic E-state index is 5.72. The molecule has 0 amide bonds. The van der Waals surface area contributed by atoms with Gasteiger partial charge in [-0.25, -0.2) is 0 Å². The van der Waals surface area contributed by atoms with Crippen LogP contribution in [-0.2, 0) is 0 Å². The van der Waals surface area contributed by atoms with E-state index in [2.05, 4.69) is 10.2 Å². The van der Waals surface area contributed by atoms with Gasteiger partial charge < -0.3 is 19.9 Å². The number of hydrogen-bond donors (Lipinski definition) is 2. The van der Waals surface area contributed by atoms with Crippen LogP contribution in [0, 0.1) is 0 Å². The van der Waals surface area contributed by atoms with Gasteiger partial charge in [-0.15, -0.1) is 0 Å². The lowest BCUT2D eigenvalue weighted by Crippen LogP contribution is -1.98. The third-order valence-electron chi connectivity index (χ3n) is 2.96. The molecule has 2 aromatic rings. The summed E-state index contributed by atoms with van der Waals surface area (Å²) < 4.78 is 16.8. The van der Waals surface area contributed by atoms with E-state index in [1.54, 1.807) is 13.2 Å². The van der Waals surface area contributed by atoms with Crippen molar-refractivity contribution in [2.75, 3.05) is 26.1 Å². The fraction of sp³-hybridized carbons (Fsp3) is 0.308. The minimum Gasteiger partial charge on any atom is -0.492 e. The molecule has 100 valence electrons. The zero-order valence-corrected chi connectivity index (χ0v) is 10.6. The van der Waals surface area contributed by atoms with E-state index in [1.165, 1.54) is 0 Å². The first-order chi connectivity index (χ1) is 9.29. The Morgan fingerprint density at radius 2 is 2.16 bits per heavy atom. The molecule has 0 saturated carbocycles. The molecule has 0 radical (unpaired) electrons. The van der Waals surface area contributed by atoms with Gasteiger partial charge in [-0.3, -0.25) is 5.10 Å². The van der Waals surface area contributed by atoms with Crippen molar-refractivity contribution in [2.45, 2.75) is 6.42 Å². The van der Waals surface area contributed by atoms with E-state index in [4.69, 9.17) is 19.9 Å². The number of nitrogen functional groups attached to an aromatic ring is 1. The molecule has 0 fully saturated rings. The van der Waals surface area contributed by atoms with Crippen molar-refractivity contribution in [3.8, 4) is 28.5 Å². The van der Waals surface area contributed by atoms with Gasteiger partial charge in [0.15, 0.2) is 11.5 Å². The van der Waals surface area contributed by atoms with Crippen LogP contribution in [-0.4, -0.2) is 30.5 Å². The number of fused-ring (bicyclic) bond motifs is 1. The minimum atomic E-state index is 0.434. The summed E-state index contributed by atoms with van der Waals surface area (Å²) in [7, 11) is 1.60. The van der Waals surface area contributed by atoms with E-state index in [1.807, 2.05) is 12.1 Å². The Kier molecular flexibility index (Phi) is 2.91. The quantitative estimate of drug-likeness (QED) is 0.861. The van der Waals surface area contributed by atoms with E-state index in [-0.39, 0.29) is 0 Å². The number of benzene rings is 1. The Morgan fingerprint density at radius 1 is 1.32 bits per heavy atom. The van der Waals surface area contributed by atoms with Gasteiger partial charge in [0.05, 0.1) is 26.0 Å². The predicted molar refractivity (Wildman–Crippen MR) is 70.6 cm³/mol. The molecule has 3 rings (SSSR count). The van der Waals surface area contributed by atoms with E-state index in [9.17, 15) is 0 Å². The van der Waals surface area contributed by atoms with Crippen LogP contribution in [0.25, 0.3) is 11.3 Å². The highest BCUT2D eigenvalue weighted by Crippen LogP contribution is 2.45. The first kappa shape index (κ1) is 11.7. The SMILES string of the molecule is COc1c(-c2cc(N)n[nH]2)ccc2c1OCCCO2. The molecule has 0 aliphatic carbocycles. The Labute approximate surface area is 110 Å². The van der Waals surface area contributed by atoms with Crippen molar-refractivity contribution >= 4 is 5.82 Å². The van der Waals surface area contributed by atoms with Crippen molar-refractivity contribution in [3.05, 3.63) is 18.2 Å². The van der Waals surface area contributed by atoms with Crippen LogP contribution in [0.2, 0.25) is 0 Å². The van der Waals surface area contributed by atoms with E-state index >= 15 is 0 Å². The lowest BCUT2D eigenvalue weighted by Gasteiger charge is -2.14. The molecular formula is C13H15N3O3. The second-order valence-electron chi connectivity index (χ2n) is 4.23. The summed E-state index contributed by atoms with van der Waals surface area (Å²) in [5.74, 6) is 2.39. The zero-order valence-electron chi connectivity index (χ0n) is 10.6. The normalized spacial score (nSPS) is 13.9. The summed E-state index contributed by atoms with van der Waals surface area (Å²) in [4.78, 5) is 0. The molecule has 6 heteroatoms. The van der Waals surface area contributed by atoms with Gasteiger partial charge in [0, 0.05) is 18.1 Å². The smallest absolute Gasteiger partial charge is 0.204 e. The number of hydrogen-bond acceptors (Lipinski definition) is 5. The average Bonchev–Trinajstić information content (AvgIpc) is 2.71. The molecule has 1 aromatic heterocycles. The van der Waals surface area contributed by atoms with Gasteiger partial charge in [0.25, 0.3) is 0 Å². The Morgan fingerprint density at radius 3 is 2.89 bits per heavy atom. The number of methoxy groups -OCH3 is 1. The number of anilines is 1. The summed E-state index contributed by atoms with van der Waals surface area (Å²) in [6, 6.07) is 5.52. The third-order valence-corrected chi connectivity index (χ3v) is 2.96. The average molecular weight is 261 g/mol. The van der Waals surface area contributed by atoms with Crippen molar-refractivity contribution in [2.24, 2.45) is 0 Å². The molecule has 1 aliphatic heterocycles. The van der Waals surface area contributed by atoms with E-state index in [0.29, 0.717) is 36.3 Å². The van der Waals surface area contributed by atoms with Crippen molar-refractivity contribution in [3.63, 3.8) is 0 Å². The standard InChI is InChI=1S/C13H15N3O3/c1-17-12-8(9-7-11(14)16-15-9)3-4-10-13(12)19-6-2-5-18-10/h3-4,7H,2,5-6H2,1H3,(H3,14,15,16). The van der Waals surface area contributed by atoms with E-state index < -0.39 is 0 Å². The molecule has 0 bridgehead atoms. The number of aromatic amines is 1. The highest BCUT2D eigenvalue weighted by molar-refractivity contribution is 5.75. The number of ether oxygens (including phenoxy) is 3. The molecule has 1 aromatic carbocycles. The topological polar surface area (TPSA) is 82.4 Å². The molecule has 2 heterocycles. The summed E-state index contributed by atoms with van der Waals surface area (Å²) in [6.07, 6.45) is 0.851. The van der Waals surface area contributed by atoms with Crippen LogP contribution in [0.3, 0.4) is 0 Å². The Bertz CT molecular complexity index is 595. The molecular weight excluding hydrogens is 246 g/mol. The highest BCUT2D eigenvalue weighted by atomic mass is 16.5. The molecule has 1 aliphatic rings. The maximum absolute atomic E-state index is 5.72. The molecule has 6 nitrogen and oxygen atoms in total. The first-order valence-electron chi connectivity index (χ1n) is 6.07. The molecule has 3 N–H and O–H groups in total. The monoisotopic (exact) mass is 261 g/mol. The summed E-state index contributed by atoms with van der Waals surface area (Å²) in [5, 5.41) is 6.79. The molecule has 0 unspecified atom stereocenters. The maximum Gasteiger partial charge on any atom is 0.204 e. The fourth-order valence-corrected chi connectivity index (χ4v) is 2.10. The van der Waals surface area contributed by atoms with Gasteiger partial charge in [0.1, 0.15) is 5.82 Å². The largest absolute Gasteiger partial charge is 0.492 e. The van der Waals surface area contributed by atoms with Crippen molar-refractivity contribution < 1.29 is 14.2 Å². The van der Waals surface area contributed by atoms with Crippen LogP contribution in [0.5, 0.6) is 17.2 Å². The van der Waals surface area contributed by atoms with Gasteiger partial charge in [-0.2, -0.15) is 5.10 Å². The molecule has 0 saturated heterocycles. The number of aromatic nitrogens is 2. The number of nitrogens with one attached hydrogen (secondary N) is 1. The van der Waals surface area contributed by atoms with Gasteiger partial charge in [0.2, 0.25) is 5.75 Å². The second-order valence-corrected chi connectivity index (χ2v) is 4.23. The lowest BCUT2D eigenvalue weighted by molar-refractivity contribution is 0.289. The van der Waals surface area contributed by atoms with Gasteiger partial charge >= 0.3 is 0 Å². The predicted octanol–water partition coefficient (Wildman–Crippen LogP) is 1.83. The second kappa shape index (κ2) is 4.72. The fourth-order valence-electron chi connectivity index (χ4n) is 2.10. The lowest BCUT2D eigenvalue weighted by atomic mass is 10.1. The molecule has 0 atom stereocenters. The third kappa shape index (κ3) is 2.05. The summed E-state index contributed by atoms with van der Waals surface area (Å²) >= 11 is 0. The number of rotatable bonds is 2. The summed E-state index contributed by atoms with van der Waals surface area (Å²) in [6.45, 7) is 1.25. The van der Waals surface area contributed by atoms with Crippen LogP contribution in [0.4, 0.5) is 5.82 Å². The van der Waals surface area contributed by atoms with Crippen molar-refractivity contribution in [1.29, 1.82) is 0 Å².